The summed E-state index contributed by atoms with van der Waals surface area (Å²) in [5.41, 5.74) is 6.00. The van der Waals surface area contributed by atoms with Gasteiger partial charge in [-0.05, 0) is 92.2 Å². The van der Waals surface area contributed by atoms with Crippen molar-refractivity contribution in [2.24, 2.45) is 0 Å². The molecule has 0 amide bonds. The van der Waals surface area contributed by atoms with Crippen molar-refractivity contribution < 1.29 is 9.13 Å². The SMILES string of the molecule is C=C/C(=C\C=C/C)OC(CC)CCC.CCC/C(=C(/C)c1cccc(F)c1)c1ccccc1C. The van der Waals surface area contributed by atoms with Gasteiger partial charge in [0, 0.05) is 0 Å². The number of rotatable bonds is 11. The second-order valence-electron chi connectivity index (χ2n) is 8.41. The average molecular weight is 463 g/mol. The van der Waals surface area contributed by atoms with Gasteiger partial charge in [0.15, 0.2) is 0 Å². The van der Waals surface area contributed by atoms with E-state index in [9.17, 15) is 4.39 Å². The molecule has 2 aromatic rings. The van der Waals surface area contributed by atoms with E-state index in [2.05, 4.69) is 65.5 Å². The minimum Gasteiger partial charge on any atom is -0.490 e. The maximum atomic E-state index is 13.4. The summed E-state index contributed by atoms with van der Waals surface area (Å²) in [7, 11) is 0. The number of allylic oxidation sites excluding steroid dienone is 6. The molecule has 0 N–H and O–H groups in total. The third kappa shape index (κ3) is 9.95. The Morgan fingerprint density at radius 2 is 1.79 bits per heavy atom. The Hall–Kier alpha value is -2.87. The zero-order valence-electron chi connectivity index (χ0n) is 22.0. The van der Waals surface area contributed by atoms with Crippen LogP contribution in [0.2, 0.25) is 0 Å². The summed E-state index contributed by atoms with van der Waals surface area (Å²) < 4.78 is 19.2. The Balaban J connectivity index is 0.000000365. The van der Waals surface area contributed by atoms with E-state index in [1.165, 1.54) is 28.3 Å². The zero-order valence-corrected chi connectivity index (χ0v) is 22.0. The van der Waals surface area contributed by atoms with Crippen LogP contribution in [0.3, 0.4) is 0 Å². The first-order valence-corrected chi connectivity index (χ1v) is 12.5. The van der Waals surface area contributed by atoms with Crippen LogP contribution >= 0.6 is 0 Å². The van der Waals surface area contributed by atoms with Gasteiger partial charge < -0.3 is 4.74 Å². The van der Waals surface area contributed by atoms with Crippen molar-refractivity contribution in [2.75, 3.05) is 0 Å². The van der Waals surface area contributed by atoms with Crippen molar-refractivity contribution in [2.45, 2.75) is 79.8 Å². The fourth-order valence-corrected chi connectivity index (χ4v) is 3.79. The van der Waals surface area contributed by atoms with Crippen LogP contribution in [0.4, 0.5) is 4.39 Å². The van der Waals surface area contributed by atoms with Crippen LogP contribution in [0.5, 0.6) is 0 Å². The Morgan fingerprint density at radius 1 is 1.06 bits per heavy atom. The lowest BCUT2D eigenvalue weighted by Crippen LogP contribution is -2.10. The standard InChI is InChI=1S/C19H21F.C13H22O/c1-4-8-19(18-12-6-5-9-14(18)2)15(3)16-10-7-11-17(20)13-16;1-5-9-11-13(8-4)14-12(7-3)10-6-2/h5-7,9-13H,4,8H2,1-3H3;5,8-9,11-12H,4,6-7,10H2,1-3H3/b19-15+;9-5-,13-11+. The minimum atomic E-state index is -0.178. The predicted octanol–water partition coefficient (Wildman–Crippen LogP) is 10.1. The molecular weight excluding hydrogens is 419 g/mol. The minimum absolute atomic E-state index is 0.178. The molecule has 184 valence electrons. The zero-order chi connectivity index (χ0) is 25.3. The predicted molar refractivity (Wildman–Crippen MR) is 148 cm³/mol. The average Bonchev–Trinajstić information content (AvgIpc) is 2.85. The van der Waals surface area contributed by atoms with E-state index in [0.29, 0.717) is 6.10 Å². The molecule has 2 heteroatoms. The lowest BCUT2D eigenvalue weighted by atomic mass is 9.90. The largest absolute Gasteiger partial charge is 0.490 e. The highest BCUT2D eigenvalue weighted by Gasteiger charge is 2.10. The number of hydrogen-bond acceptors (Lipinski definition) is 1. The summed E-state index contributed by atoms with van der Waals surface area (Å²) in [6, 6.07) is 15.3. The number of aryl methyl sites for hydroxylation is 1. The van der Waals surface area contributed by atoms with Crippen LogP contribution in [0, 0.1) is 12.7 Å². The molecule has 0 fully saturated rings. The number of benzene rings is 2. The maximum absolute atomic E-state index is 13.4. The van der Waals surface area contributed by atoms with Gasteiger partial charge in [-0.25, -0.2) is 4.39 Å². The molecule has 0 aliphatic heterocycles. The highest BCUT2D eigenvalue weighted by Crippen LogP contribution is 2.31. The van der Waals surface area contributed by atoms with Crippen LogP contribution in [-0.4, -0.2) is 6.10 Å². The second kappa shape index (κ2) is 16.7. The quantitative estimate of drug-likeness (QED) is 0.183. The van der Waals surface area contributed by atoms with Crippen LogP contribution < -0.4 is 0 Å². The molecule has 2 aromatic carbocycles. The molecule has 0 aliphatic rings. The lowest BCUT2D eigenvalue weighted by Gasteiger charge is -2.17. The fraction of sp³-hybridized carbons (Fsp3) is 0.375. The van der Waals surface area contributed by atoms with Crippen LogP contribution in [0.15, 0.2) is 85.2 Å². The Morgan fingerprint density at radius 3 is 2.35 bits per heavy atom. The fourth-order valence-electron chi connectivity index (χ4n) is 3.79. The molecule has 1 unspecified atom stereocenters. The molecule has 0 saturated carbocycles. The number of ether oxygens (including phenoxy) is 1. The summed E-state index contributed by atoms with van der Waals surface area (Å²) in [6.07, 6.45) is 13.4. The Kier molecular flexibility index (Phi) is 14.3. The maximum Gasteiger partial charge on any atom is 0.123 e. The van der Waals surface area contributed by atoms with Crippen LogP contribution in [0.25, 0.3) is 11.1 Å². The van der Waals surface area contributed by atoms with Gasteiger partial charge in [-0.2, -0.15) is 0 Å². The van der Waals surface area contributed by atoms with Crippen LogP contribution in [-0.2, 0) is 4.74 Å². The van der Waals surface area contributed by atoms with Gasteiger partial charge in [0.2, 0.25) is 0 Å². The first kappa shape index (κ1) is 29.2. The molecule has 0 bridgehead atoms. The van der Waals surface area contributed by atoms with Crippen LogP contribution in [0.1, 0.15) is 83.4 Å². The second-order valence-corrected chi connectivity index (χ2v) is 8.41. The molecule has 0 heterocycles. The van der Waals surface area contributed by atoms with Gasteiger partial charge in [-0.1, -0.05) is 88.7 Å². The molecular formula is C32H43FO. The van der Waals surface area contributed by atoms with Gasteiger partial charge in [0.05, 0.1) is 6.10 Å². The van der Waals surface area contributed by atoms with Crippen molar-refractivity contribution in [1.82, 2.24) is 0 Å². The highest BCUT2D eigenvalue weighted by molar-refractivity contribution is 5.90. The molecule has 0 spiro atoms. The molecule has 0 aromatic heterocycles. The van der Waals surface area contributed by atoms with E-state index >= 15 is 0 Å². The first-order valence-electron chi connectivity index (χ1n) is 12.5. The highest BCUT2D eigenvalue weighted by atomic mass is 19.1. The van der Waals surface area contributed by atoms with E-state index in [-0.39, 0.29) is 5.82 Å². The van der Waals surface area contributed by atoms with E-state index < -0.39 is 0 Å². The van der Waals surface area contributed by atoms with Crippen molar-refractivity contribution in [1.29, 1.82) is 0 Å². The van der Waals surface area contributed by atoms with Gasteiger partial charge in [0.1, 0.15) is 11.6 Å². The van der Waals surface area contributed by atoms with E-state index in [1.54, 1.807) is 18.2 Å². The topological polar surface area (TPSA) is 9.23 Å². The summed E-state index contributed by atoms with van der Waals surface area (Å²) >= 11 is 0. The molecule has 1 atom stereocenters. The normalized spacial score (nSPS) is 13.1. The number of halogens is 1. The Bertz CT molecular complexity index is 964. The molecule has 1 nitrogen and oxygen atoms in total. The first-order chi connectivity index (χ1) is 16.4. The van der Waals surface area contributed by atoms with Crippen molar-refractivity contribution in [3.63, 3.8) is 0 Å². The third-order valence-electron chi connectivity index (χ3n) is 5.70. The molecule has 34 heavy (non-hydrogen) atoms. The monoisotopic (exact) mass is 462 g/mol. The Labute approximate surface area is 207 Å². The van der Waals surface area contributed by atoms with E-state index in [1.807, 2.05) is 31.2 Å². The van der Waals surface area contributed by atoms with Crippen molar-refractivity contribution in [3.8, 4) is 0 Å². The van der Waals surface area contributed by atoms with Gasteiger partial charge in [-0.3, -0.25) is 0 Å². The van der Waals surface area contributed by atoms with E-state index in [4.69, 9.17) is 4.74 Å². The molecule has 0 radical (unpaired) electrons. The van der Waals surface area contributed by atoms with Gasteiger partial charge in [-0.15, -0.1) is 0 Å². The van der Waals surface area contributed by atoms with E-state index in [0.717, 1.165) is 43.4 Å². The summed E-state index contributed by atoms with van der Waals surface area (Å²) in [6.45, 7) is 16.4. The van der Waals surface area contributed by atoms with Crippen molar-refractivity contribution >= 4 is 11.1 Å². The lowest BCUT2D eigenvalue weighted by molar-refractivity contribution is 0.113. The summed E-state index contributed by atoms with van der Waals surface area (Å²) in [5.74, 6) is 0.686. The summed E-state index contributed by atoms with van der Waals surface area (Å²) in [4.78, 5) is 0. The molecule has 0 aliphatic carbocycles. The van der Waals surface area contributed by atoms with Gasteiger partial charge in [0.25, 0.3) is 0 Å². The van der Waals surface area contributed by atoms with Gasteiger partial charge >= 0.3 is 0 Å². The summed E-state index contributed by atoms with van der Waals surface area (Å²) in [5, 5.41) is 0. The smallest absolute Gasteiger partial charge is 0.123 e. The number of hydrogen-bond donors (Lipinski definition) is 0. The van der Waals surface area contributed by atoms with Crippen molar-refractivity contribution in [3.05, 3.63) is 108 Å². The molecule has 2 rings (SSSR count). The third-order valence-corrected chi connectivity index (χ3v) is 5.70. The molecule has 0 saturated heterocycles.